The molecule has 0 rings (SSSR count). The summed E-state index contributed by atoms with van der Waals surface area (Å²) in [5, 5.41) is 18.3. The number of ketones is 1. The number of Topliss-reactive ketones (excluding diaryl/α,β-unsaturated/α-hetero) is 1. The number of aliphatic hydroxyl groups is 1. The van der Waals surface area contributed by atoms with E-state index in [1.807, 2.05) is 0 Å². The van der Waals surface area contributed by atoms with Gasteiger partial charge in [0.2, 0.25) is 0 Å². The van der Waals surface area contributed by atoms with Gasteiger partial charge in [0.15, 0.2) is 0 Å². The molecule has 0 aromatic rings. The molecule has 0 aliphatic heterocycles. The topological polar surface area (TPSA) is 74.6 Å². The highest BCUT2D eigenvalue weighted by atomic mass is 16.4. The number of carboxylic acids is 1. The first-order chi connectivity index (χ1) is 10.6. The van der Waals surface area contributed by atoms with Crippen LogP contribution in [0.25, 0.3) is 0 Å². The number of allylic oxidation sites excluding steroid dienone is 1. The zero-order valence-corrected chi connectivity index (χ0v) is 13.9. The minimum absolute atomic E-state index is 0.246. The lowest BCUT2D eigenvalue weighted by Gasteiger charge is -2.05. The predicted molar refractivity (Wildman–Crippen MR) is 88.9 cm³/mol. The van der Waals surface area contributed by atoms with Crippen molar-refractivity contribution in [2.45, 2.75) is 90.1 Å². The van der Waals surface area contributed by atoms with Gasteiger partial charge in [-0.25, -0.2) is 0 Å². The number of aliphatic carboxylic acids is 1. The zero-order chi connectivity index (χ0) is 16.6. The van der Waals surface area contributed by atoms with Crippen molar-refractivity contribution in [3.8, 4) is 0 Å². The first-order valence-corrected chi connectivity index (χ1v) is 8.64. The number of hydrogen-bond acceptors (Lipinski definition) is 3. The Balaban J connectivity index is 3.48. The van der Waals surface area contributed by atoms with Gasteiger partial charge in [0.1, 0.15) is 5.78 Å². The van der Waals surface area contributed by atoms with E-state index in [0.29, 0.717) is 19.3 Å². The van der Waals surface area contributed by atoms with Crippen LogP contribution in [0.4, 0.5) is 0 Å². The molecule has 0 amide bonds. The lowest BCUT2D eigenvalue weighted by Crippen LogP contribution is -2.02. The van der Waals surface area contributed by atoms with E-state index < -0.39 is 12.1 Å². The van der Waals surface area contributed by atoms with Gasteiger partial charge in [0.25, 0.3) is 0 Å². The molecule has 2 N–H and O–H groups in total. The largest absolute Gasteiger partial charge is 0.481 e. The summed E-state index contributed by atoms with van der Waals surface area (Å²) in [5.41, 5.74) is 0. The standard InChI is InChI=1S/C18H32O4/c1-2-3-7-11-16(19)13-10-14-17(20)12-8-5-4-6-9-15-18(21)22/h10,14,17,20H,2-9,11-13,15H2,1H3,(H,21,22)/b14-10+. The van der Waals surface area contributed by atoms with Crippen LogP contribution in [0.3, 0.4) is 0 Å². The Morgan fingerprint density at radius 2 is 1.59 bits per heavy atom. The molecule has 0 radical (unpaired) electrons. The van der Waals surface area contributed by atoms with Crippen LogP contribution in [0, 0.1) is 0 Å². The third-order valence-electron chi connectivity index (χ3n) is 3.65. The average Bonchev–Trinajstić information content (AvgIpc) is 2.46. The molecule has 0 aliphatic carbocycles. The van der Waals surface area contributed by atoms with Crippen LogP contribution >= 0.6 is 0 Å². The van der Waals surface area contributed by atoms with Crippen LogP contribution in [0.2, 0.25) is 0 Å². The van der Waals surface area contributed by atoms with E-state index in [-0.39, 0.29) is 12.2 Å². The van der Waals surface area contributed by atoms with Crippen molar-refractivity contribution >= 4 is 11.8 Å². The van der Waals surface area contributed by atoms with Crippen LogP contribution in [-0.2, 0) is 9.59 Å². The normalized spacial score (nSPS) is 12.6. The second kappa shape index (κ2) is 14.8. The van der Waals surface area contributed by atoms with Gasteiger partial charge in [0.05, 0.1) is 6.10 Å². The molecule has 0 aliphatic rings. The maximum atomic E-state index is 11.5. The molecule has 0 aromatic heterocycles. The minimum atomic E-state index is -0.732. The van der Waals surface area contributed by atoms with Gasteiger partial charge in [-0.3, -0.25) is 9.59 Å². The Morgan fingerprint density at radius 3 is 2.27 bits per heavy atom. The van der Waals surface area contributed by atoms with Gasteiger partial charge in [-0.05, 0) is 19.3 Å². The van der Waals surface area contributed by atoms with E-state index in [0.717, 1.165) is 51.4 Å². The number of unbranched alkanes of at least 4 members (excludes halogenated alkanes) is 6. The molecule has 0 aromatic carbocycles. The average molecular weight is 312 g/mol. The number of aliphatic hydroxyl groups excluding tert-OH is 1. The van der Waals surface area contributed by atoms with Crippen molar-refractivity contribution in [2.24, 2.45) is 0 Å². The molecular formula is C18H32O4. The lowest BCUT2D eigenvalue weighted by molar-refractivity contribution is -0.137. The van der Waals surface area contributed by atoms with Crippen molar-refractivity contribution < 1.29 is 19.8 Å². The van der Waals surface area contributed by atoms with Gasteiger partial charge in [0, 0.05) is 19.3 Å². The summed E-state index contributed by atoms with van der Waals surface area (Å²) < 4.78 is 0. The number of carbonyl (C=O) groups is 2. The molecule has 128 valence electrons. The summed E-state index contributed by atoms with van der Waals surface area (Å²) in [6.07, 6.45) is 12.9. The maximum Gasteiger partial charge on any atom is 0.303 e. The summed E-state index contributed by atoms with van der Waals surface area (Å²) in [6, 6.07) is 0. The molecule has 0 bridgehead atoms. The Bertz CT molecular complexity index is 323. The van der Waals surface area contributed by atoms with Crippen molar-refractivity contribution in [1.82, 2.24) is 0 Å². The molecule has 0 saturated heterocycles. The summed E-state index contributed by atoms with van der Waals surface area (Å²) in [4.78, 5) is 21.9. The van der Waals surface area contributed by atoms with E-state index in [9.17, 15) is 14.7 Å². The summed E-state index contributed by atoms with van der Waals surface area (Å²) >= 11 is 0. The lowest BCUT2D eigenvalue weighted by atomic mass is 10.1. The number of carbonyl (C=O) groups excluding carboxylic acids is 1. The SMILES string of the molecule is CCCCCC(=O)C/C=C/C(O)CCCCCCCC(=O)O. The van der Waals surface area contributed by atoms with Crippen molar-refractivity contribution in [2.75, 3.05) is 0 Å². The van der Waals surface area contributed by atoms with Crippen molar-refractivity contribution in [1.29, 1.82) is 0 Å². The molecule has 22 heavy (non-hydrogen) atoms. The van der Waals surface area contributed by atoms with Gasteiger partial charge < -0.3 is 10.2 Å². The maximum absolute atomic E-state index is 11.5. The number of rotatable bonds is 15. The van der Waals surface area contributed by atoms with Crippen LogP contribution in [0.5, 0.6) is 0 Å². The van der Waals surface area contributed by atoms with Crippen LogP contribution < -0.4 is 0 Å². The van der Waals surface area contributed by atoms with E-state index in [2.05, 4.69) is 6.92 Å². The molecule has 1 atom stereocenters. The van der Waals surface area contributed by atoms with Gasteiger partial charge in [-0.15, -0.1) is 0 Å². The monoisotopic (exact) mass is 312 g/mol. The third-order valence-corrected chi connectivity index (χ3v) is 3.65. The Kier molecular flexibility index (Phi) is 14.0. The van der Waals surface area contributed by atoms with E-state index >= 15 is 0 Å². The van der Waals surface area contributed by atoms with E-state index in [1.54, 1.807) is 12.2 Å². The second-order valence-electron chi connectivity index (χ2n) is 5.90. The molecule has 4 heteroatoms. The number of hydrogen-bond donors (Lipinski definition) is 2. The highest BCUT2D eigenvalue weighted by Crippen LogP contribution is 2.10. The molecule has 0 saturated carbocycles. The summed E-state index contributed by atoms with van der Waals surface area (Å²) in [6.45, 7) is 2.12. The fourth-order valence-electron chi connectivity index (χ4n) is 2.29. The third kappa shape index (κ3) is 15.2. The quantitative estimate of drug-likeness (QED) is 0.350. The first-order valence-electron chi connectivity index (χ1n) is 8.64. The molecular weight excluding hydrogens is 280 g/mol. The van der Waals surface area contributed by atoms with Crippen molar-refractivity contribution in [3.05, 3.63) is 12.2 Å². The van der Waals surface area contributed by atoms with E-state index in [1.165, 1.54) is 0 Å². The smallest absolute Gasteiger partial charge is 0.303 e. The Hall–Kier alpha value is -1.16. The highest BCUT2D eigenvalue weighted by Gasteiger charge is 2.02. The van der Waals surface area contributed by atoms with Gasteiger partial charge in [-0.2, -0.15) is 0 Å². The van der Waals surface area contributed by atoms with Crippen LogP contribution in [-0.4, -0.2) is 28.1 Å². The van der Waals surface area contributed by atoms with Crippen LogP contribution in [0.15, 0.2) is 12.2 Å². The summed E-state index contributed by atoms with van der Waals surface area (Å²) in [7, 11) is 0. The van der Waals surface area contributed by atoms with Crippen LogP contribution in [0.1, 0.15) is 84.0 Å². The minimum Gasteiger partial charge on any atom is -0.481 e. The highest BCUT2D eigenvalue weighted by molar-refractivity contribution is 5.79. The molecule has 4 nitrogen and oxygen atoms in total. The Labute approximate surface area is 134 Å². The molecule has 0 spiro atoms. The summed E-state index contributed by atoms with van der Waals surface area (Å²) in [5.74, 6) is -0.486. The molecule has 1 unspecified atom stereocenters. The van der Waals surface area contributed by atoms with Gasteiger partial charge >= 0.3 is 5.97 Å². The Morgan fingerprint density at radius 1 is 0.955 bits per heavy atom. The van der Waals surface area contributed by atoms with Gasteiger partial charge in [-0.1, -0.05) is 57.6 Å². The molecule has 0 heterocycles. The zero-order valence-electron chi connectivity index (χ0n) is 13.9. The predicted octanol–water partition coefficient (Wildman–Crippen LogP) is 4.26. The fraction of sp³-hybridized carbons (Fsp3) is 0.778. The molecule has 0 fully saturated rings. The van der Waals surface area contributed by atoms with Crippen molar-refractivity contribution in [3.63, 3.8) is 0 Å². The second-order valence-corrected chi connectivity index (χ2v) is 5.90. The van der Waals surface area contributed by atoms with E-state index in [4.69, 9.17) is 5.11 Å². The fourth-order valence-corrected chi connectivity index (χ4v) is 2.29. The number of carboxylic acid groups (broad SMARTS) is 1. The first kappa shape index (κ1) is 20.8.